The summed E-state index contributed by atoms with van der Waals surface area (Å²) in [7, 11) is -3.31. The molecule has 0 atom stereocenters. The molecule has 0 saturated carbocycles. The molecule has 0 aliphatic rings. The molecule has 0 spiro atoms. The summed E-state index contributed by atoms with van der Waals surface area (Å²) >= 11 is 1.23. The Morgan fingerprint density at radius 2 is 1.72 bits per heavy atom. The number of sulfone groups is 1. The zero-order valence-corrected chi connectivity index (χ0v) is 18.1. The molecule has 156 valence electrons. The molecular weight excluding hydrogens is 416 g/mol. The minimum absolute atomic E-state index is 0.00102. The van der Waals surface area contributed by atoms with E-state index in [2.05, 4.69) is 10.6 Å². The van der Waals surface area contributed by atoms with Crippen molar-refractivity contribution in [2.45, 2.75) is 32.1 Å². The van der Waals surface area contributed by atoms with Gasteiger partial charge in [0.25, 0.3) is 5.91 Å². The molecule has 0 fully saturated rings. The van der Waals surface area contributed by atoms with Crippen LogP contribution in [-0.4, -0.2) is 39.2 Å². The van der Waals surface area contributed by atoms with Crippen LogP contribution in [0.4, 0.5) is 9.80 Å². The van der Waals surface area contributed by atoms with E-state index in [1.807, 2.05) is 0 Å². The van der Waals surface area contributed by atoms with Gasteiger partial charge in [0.15, 0.2) is 9.84 Å². The number of imide groups is 1. The van der Waals surface area contributed by atoms with Gasteiger partial charge in [-0.05, 0) is 44.0 Å². The Kier molecular flexibility index (Phi) is 7.15. The summed E-state index contributed by atoms with van der Waals surface area (Å²) in [5.41, 5.74) is 1.49. The standard InChI is InChI=1S/C19H22N2O6S2/c1-5-27-19(24)21-17(23)16-11(2)12(3)28-18(16)20-15(22)10-13-6-8-14(9-7-13)29(4,25)26/h6-9H,5,10H2,1-4H3,(H,20,22)(H,21,23,24). The Labute approximate surface area is 173 Å². The van der Waals surface area contributed by atoms with Crippen LogP contribution in [0, 0.1) is 13.8 Å². The van der Waals surface area contributed by atoms with Crippen molar-refractivity contribution in [3.8, 4) is 0 Å². The first kappa shape index (κ1) is 22.6. The Hall–Kier alpha value is -2.72. The topological polar surface area (TPSA) is 119 Å². The molecule has 10 heteroatoms. The summed E-state index contributed by atoms with van der Waals surface area (Å²) in [5.74, 6) is -1.03. The van der Waals surface area contributed by atoms with E-state index in [4.69, 9.17) is 4.74 Å². The fourth-order valence-corrected chi connectivity index (χ4v) is 4.23. The fraction of sp³-hybridized carbons (Fsp3) is 0.316. The lowest BCUT2D eigenvalue weighted by atomic mass is 10.1. The molecular formula is C19H22N2O6S2. The molecule has 8 nitrogen and oxygen atoms in total. The number of carbonyl (C=O) groups excluding carboxylic acids is 3. The van der Waals surface area contributed by atoms with Gasteiger partial charge in [0, 0.05) is 11.1 Å². The summed E-state index contributed by atoms with van der Waals surface area (Å²) < 4.78 is 27.7. The maximum Gasteiger partial charge on any atom is 0.414 e. The molecule has 2 N–H and O–H groups in total. The third kappa shape index (κ3) is 5.88. The molecule has 0 saturated heterocycles. The molecule has 0 radical (unpaired) electrons. The molecule has 1 heterocycles. The van der Waals surface area contributed by atoms with Crippen LogP contribution in [0.15, 0.2) is 29.2 Å². The number of aryl methyl sites for hydroxylation is 1. The monoisotopic (exact) mass is 438 g/mol. The van der Waals surface area contributed by atoms with Gasteiger partial charge in [0.2, 0.25) is 5.91 Å². The van der Waals surface area contributed by atoms with Crippen LogP contribution in [0.5, 0.6) is 0 Å². The average Bonchev–Trinajstić information content (AvgIpc) is 2.88. The lowest BCUT2D eigenvalue weighted by Crippen LogP contribution is -2.32. The van der Waals surface area contributed by atoms with Crippen LogP contribution in [-0.2, 0) is 25.8 Å². The highest BCUT2D eigenvalue weighted by atomic mass is 32.2. The Bertz CT molecular complexity index is 1040. The number of nitrogens with one attached hydrogen (secondary N) is 2. The van der Waals surface area contributed by atoms with Crippen molar-refractivity contribution in [1.29, 1.82) is 0 Å². The number of carbonyl (C=O) groups is 3. The quantitative estimate of drug-likeness (QED) is 0.716. The van der Waals surface area contributed by atoms with E-state index >= 15 is 0 Å². The van der Waals surface area contributed by atoms with E-state index in [1.165, 1.54) is 23.5 Å². The average molecular weight is 439 g/mol. The first-order chi connectivity index (χ1) is 13.5. The van der Waals surface area contributed by atoms with E-state index in [0.29, 0.717) is 16.1 Å². The summed E-state index contributed by atoms with van der Waals surface area (Å²) in [6.45, 7) is 5.28. The number of rotatable bonds is 6. The number of hydrogen-bond donors (Lipinski definition) is 2. The molecule has 0 bridgehead atoms. The van der Waals surface area contributed by atoms with Crippen LogP contribution in [0.2, 0.25) is 0 Å². The van der Waals surface area contributed by atoms with Crippen LogP contribution >= 0.6 is 11.3 Å². The number of hydrogen-bond acceptors (Lipinski definition) is 7. The zero-order chi connectivity index (χ0) is 21.8. The van der Waals surface area contributed by atoms with Gasteiger partial charge >= 0.3 is 6.09 Å². The first-order valence-corrected chi connectivity index (χ1v) is 11.4. The minimum atomic E-state index is -3.31. The van der Waals surface area contributed by atoms with E-state index in [0.717, 1.165) is 11.1 Å². The minimum Gasteiger partial charge on any atom is -0.450 e. The number of amides is 3. The summed E-state index contributed by atoms with van der Waals surface area (Å²) in [6, 6.07) is 6.01. The predicted octanol–water partition coefficient (Wildman–Crippen LogP) is 2.84. The maximum atomic E-state index is 12.4. The van der Waals surface area contributed by atoms with Crippen LogP contribution in [0.25, 0.3) is 0 Å². The molecule has 0 aliphatic carbocycles. The predicted molar refractivity (Wildman–Crippen MR) is 110 cm³/mol. The Balaban J connectivity index is 2.15. The molecule has 2 aromatic rings. The lowest BCUT2D eigenvalue weighted by molar-refractivity contribution is -0.115. The van der Waals surface area contributed by atoms with Gasteiger partial charge in [-0.1, -0.05) is 12.1 Å². The highest BCUT2D eigenvalue weighted by Crippen LogP contribution is 2.32. The molecule has 1 aromatic carbocycles. The Morgan fingerprint density at radius 1 is 1.10 bits per heavy atom. The van der Waals surface area contributed by atoms with E-state index in [-0.39, 0.29) is 29.4 Å². The molecule has 3 amide bonds. The van der Waals surface area contributed by atoms with E-state index in [1.54, 1.807) is 32.9 Å². The van der Waals surface area contributed by atoms with Crippen molar-refractivity contribution in [3.63, 3.8) is 0 Å². The second kappa shape index (κ2) is 9.19. The third-order valence-electron chi connectivity index (χ3n) is 4.07. The number of benzene rings is 1. The third-order valence-corrected chi connectivity index (χ3v) is 6.32. The molecule has 0 unspecified atom stereocenters. The fourth-order valence-electron chi connectivity index (χ4n) is 2.52. The largest absolute Gasteiger partial charge is 0.450 e. The molecule has 2 rings (SSSR count). The second-order valence-corrected chi connectivity index (χ2v) is 9.54. The number of anilines is 1. The van der Waals surface area contributed by atoms with Crippen molar-refractivity contribution < 1.29 is 27.5 Å². The van der Waals surface area contributed by atoms with Crippen molar-refractivity contribution >= 4 is 44.1 Å². The van der Waals surface area contributed by atoms with Gasteiger partial charge in [0.05, 0.1) is 23.5 Å². The first-order valence-electron chi connectivity index (χ1n) is 8.69. The summed E-state index contributed by atoms with van der Waals surface area (Å²) in [6.07, 6.45) is 0.252. The van der Waals surface area contributed by atoms with Crippen LogP contribution < -0.4 is 10.6 Å². The number of thiophene rings is 1. The van der Waals surface area contributed by atoms with Gasteiger partial charge in [-0.3, -0.25) is 14.9 Å². The lowest BCUT2D eigenvalue weighted by Gasteiger charge is -2.08. The van der Waals surface area contributed by atoms with Gasteiger partial charge in [0.1, 0.15) is 5.00 Å². The summed E-state index contributed by atoms with van der Waals surface area (Å²) in [4.78, 5) is 37.4. The smallest absolute Gasteiger partial charge is 0.414 e. The van der Waals surface area contributed by atoms with Gasteiger partial charge in [-0.15, -0.1) is 11.3 Å². The Morgan fingerprint density at radius 3 is 2.28 bits per heavy atom. The number of ether oxygens (including phenoxy) is 1. The van der Waals surface area contributed by atoms with Gasteiger partial charge < -0.3 is 10.1 Å². The van der Waals surface area contributed by atoms with Crippen molar-refractivity contribution in [1.82, 2.24) is 5.32 Å². The molecule has 0 aliphatic heterocycles. The highest BCUT2D eigenvalue weighted by Gasteiger charge is 2.23. The SMILES string of the molecule is CCOC(=O)NC(=O)c1c(NC(=O)Cc2ccc(S(C)(=O)=O)cc2)sc(C)c1C. The van der Waals surface area contributed by atoms with Gasteiger partial charge in [-0.25, -0.2) is 13.2 Å². The number of alkyl carbamates (subject to hydrolysis) is 1. The van der Waals surface area contributed by atoms with Crippen LogP contribution in [0.3, 0.4) is 0 Å². The normalized spacial score (nSPS) is 11.0. The van der Waals surface area contributed by atoms with E-state index in [9.17, 15) is 22.8 Å². The highest BCUT2D eigenvalue weighted by molar-refractivity contribution is 7.90. The van der Waals surface area contributed by atoms with Crippen LogP contribution in [0.1, 0.15) is 33.3 Å². The zero-order valence-electron chi connectivity index (χ0n) is 16.5. The molecule has 29 heavy (non-hydrogen) atoms. The summed E-state index contributed by atoms with van der Waals surface area (Å²) in [5, 5.41) is 5.17. The second-order valence-electron chi connectivity index (χ2n) is 6.30. The van der Waals surface area contributed by atoms with E-state index < -0.39 is 21.8 Å². The van der Waals surface area contributed by atoms with Crippen molar-refractivity contribution in [3.05, 3.63) is 45.8 Å². The maximum absolute atomic E-state index is 12.4. The molecule has 1 aromatic heterocycles. The van der Waals surface area contributed by atoms with Crippen molar-refractivity contribution in [2.75, 3.05) is 18.2 Å². The van der Waals surface area contributed by atoms with Crippen molar-refractivity contribution in [2.24, 2.45) is 0 Å². The van der Waals surface area contributed by atoms with Gasteiger partial charge in [-0.2, -0.15) is 0 Å².